The van der Waals surface area contributed by atoms with Crippen molar-refractivity contribution in [2.24, 2.45) is 0 Å². The highest BCUT2D eigenvalue weighted by atomic mass is 16.7. The molecule has 0 amide bonds. The van der Waals surface area contributed by atoms with E-state index in [0.29, 0.717) is 6.61 Å². The van der Waals surface area contributed by atoms with Crippen molar-refractivity contribution in [3.05, 3.63) is 215 Å². The normalized spacial score (nSPS) is 25.6. The van der Waals surface area contributed by atoms with Gasteiger partial charge in [0.2, 0.25) is 0 Å². The molecule has 6 aromatic rings. The lowest BCUT2D eigenvalue weighted by Gasteiger charge is -2.49. The van der Waals surface area contributed by atoms with Crippen molar-refractivity contribution >= 4 is 0 Å². The molecule has 10 atom stereocenters. The molecule has 2 aliphatic rings. The third kappa shape index (κ3) is 13.5. The van der Waals surface area contributed by atoms with Crippen molar-refractivity contribution < 1.29 is 52.8 Å². The van der Waals surface area contributed by atoms with Gasteiger partial charge in [-0.1, -0.05) is 182 Å². The summed E-state index contributed by atoms with van der Waals surface area (Å²) in [6, 6.07) is 59.0. The fourth-order valence-electron chi connectivity index (χ4n) is 8.04. The van der Waals surface area contributed by atoms with Crippen LogP contribution in [-0.2, 0) is 82.3 Å². The standard InChI is InChI=1S/C54H58O11/c55-47-50(60-34-42-25-13-4-14-26-42)49(46(63-53(47)56)38-58-32-40-21-9-2-10-22-40)65-54-52(62-36-44-29-17-6-18-30-44)51(61-35-43-27-15-5-16-28-43)48(59-33-41-23-11-3-12-24-41)45(64-54)37-57-31-39-19-7-1-8-20-39/h1-30,45-56H,31-38H2/t45-,46-,47+,48+,49-,50-,51+,52-,53-,54+/m1/s1. The number of aliphatic hydroxyl groups excluding tert-OH is 2. The third-order valence-corrected chi connectivity index (χ3v) is 11.4. The summed E-state index contributed by atoms with van der Waals surface area (Å²) in [6.45, 7) is 1.55. The number of aliphatic hydroxyl groups is 2. The summed E-state index contributed by atoms with van der Waals surface area (Å²) in [5, 5.41) is 22.8. The van der Waals surface area contributed by atoms with Gasteiger partial charge >= 0.3 is 0 Å². The summed E-state index contributed by atoms with van der Waals surface area (Å²) >= 11 is 0. The van der Waals surface area contributed by atoms with Gasteiger partial charge in [-0.25, -0.2) is 0 Å². The summed E-state index contributed by atoms with van der Waals surface area (Å²) in [6.07, 6.45) is -10.4. The number of rotatable bonds is 22. The van der Waals surface area contributed by atoms with Crippen molar-refractivity contribution in [2.75, 3.05) is 13.2 Å². The van der Waals surface area contributed by atoms with Crippen molar-refractivity contribution in [2.45, 2.75) is 101 Å². The van der Waals surface area contributed by atoms with Gasteiger partial charge in [-0.2, -0.15) is 0 Å². The van der Waals surface area contributed by atoms with Gasteiger partial charge in [-0.15, -0.1) is 0 Å². The minimum absolute atomic E-state index is 0.00282. The van der Waals surface area contributed by atoms with Gasteiger partial charge in [0, 0.05) is 0 Å². The van der Waals surface area contributed by atoms with Crippen LogP contribution < -0.4 is 0 Å². The second-order valence-corrected chi connectivity index (χ2v) is 16.2. The van der Waals surface area contributed by atoms with E-state index in [2.05, 4.69) is 0 Å². The Balaban J connectivity index is 1.15. The fourth-order valence-corrected chi connectivity index (χ4v) is 8.04. The smallest absolute Gasteiger partial charge is 0.187 e. The van der Waals surface area contributed by atoms with Crippen molar-refractivity contribution in [1.82, 2.24) is 0 Å². The van der Waals surface area contributed by atoms with E-state index in [0.717, 1.165) is 33.4 Å². The number of ether oxygens (including phenoxy) is 9. The minimum Gasteiger partial charge on any atom is -0.385 e. The lowest BCUT2D eigenvalue weighted by atomic mass is 9.96. The highest BCUT2D eigenvalue weighted by Crippen LogP contribution is 2.35. The molecular weight excluding hydrogens is 825 g/mol. The molecule has 2 saturated heterocycles. The first kappa shape index (κ1) is 46.4. The fraction of sp³-hybridized carbons (Fsp3) is 0.333. The average molecular weight is 883 g/mol. The predicted molar refractivity (Wildman–Crippen MR) is 243 cm³/mol. The molecule has 0 aromatic heterocycles. The molecule has 2 N–H and O–H groups in total. The van der Waals surface area contributed by atoms with E-state index in [1.165, 1.54) is 0 Å². The molecule has 0 saturated carbocycles. The quantitative estimate of drug-likeness (QED) is 0.0691. The average Bonchev–Trinajstić information content (AvgIpc) is 3.35. The van der Waals surface area contributed by atoms with Gasteiger partial charge < -0.3 is 52.8 Å². The predicted octanol–water partition coefficient (Wildman–Crippen LogP) is 7.95. The SMILES string of the molecule is O[C@H]1[C@@H](OCc2ccccc2)[C@H](O[C@@H]2O[C@H](COCc3ccccc3)[C@H](OCc3ccccc3)[C@H](OCc3ccccc3)[C@H]2OCc2ccccc2)[C@@H](COCc2ccccc2)O[C@H]1O. The molecule has 0 radical (unpaired) electrons. The van der Waals surface area contributed by atoms with E-state index in [1.54, 1.807) is 0 Å². The molecule has 11 heteroatoms. The Hall–Kier alpha value is -5.12. The van der Waals surface area contributed by atoms with Gasteiger partial charge in [-0.3, -0.25) is 0 Å². The molecule has 0 aliphatic carbocycles. The maximum atomic E-state index is 11.7. The molecule has 6 aromatic carbocycles. The first-order valence-corrected chi connectivity index (χ1v) is 22.3. The maximum Gasteiger partial charge on any atom is 0.187 e. The van der Waals surface area contributed by atoms with Crippen molar-refractivity contribution in [3.8, 4) is 0 Å². The molecule has 340 valence electrons. The van der Waals surface area contributed by atoms with Crippen LogP contribution in [0.2, 0.25) is 0 Å². The van der Waals surface area contributed by atoms with Crippen LogP contribution in [0.5, 0.6) is 0 Å². The van der Waals surface area contributed by atoms with Crippen LogP contribution in [0.25, 0.3) is 0 Å². The Labute approximate surface area is 381 Å². The highest BCUT2D eigenvalue weighted by Gasteiger charge is 2.53. The summed E-state index contributed by atoms with van der Waals surface area (Å²) in [4.78, 5) is 0. The highest BCUT2D eigenvalue weighted by molar-refractivity contribution is 5.18. The Bertz CT molecular complexity index is 2210. The van der Waals surface area contributed by atoms with Gasteiger partial charge in [0.1, 0.15) is 48.8 Å². The van der Waals surface area contributed by atoms with Crippen LogP contribution in [0.3, 0.4) is 0 Å². The van der Waals surface area contributed by atoms with E-state index in [-0.39, 0.29) is 46.2 Å². The number of hydrogen-bond donors (Lipinski definition) is 2. The van der Waals surface area contributed by atoms with E-state index in [9.17, 15) is 10.2 Å². The second-order valence-electron chi connectivity index (χ2n) is 16.2. The first-order chi connectivity index (χ1) is 32.1. The Kier molecular flexibility index (Phi) is 17.4. The van der Waals surface area contributed by atoms with Crippen LogP contribution in [0.1, 0.15) is 33.4 Å². The topological polar surface area (TPSA) is 124 Å². The Morgan fingerprint density at radius 3 is 1.06 bits per heavy atom. The van der Waals surface area contributed by atoms with E-state index < -0.39 is 61.4 Å². The largest absolute Gasteiger partial charge is 0.385 e. The third-order valence-electron chi connectivity index (χ3n) is 11.4. The maximum absolute atomic E-state index is 11.7. The van der Waals surface area contributed by atoms with Gasteiger partial charge in [-0.05, 0) is 33.4 Å². The van der Waals surface area contributed by atoms with E-state index in [4.69, 9.17) is 42.6 Å². The lowest BCUT2D eigenvalue weighted by Crippen LogP contribution is -2.66. The molecule has 0 unspecified atom stereocenters. The molecule has 0 bridgehead atoms. The molecule has 11 nitrogen and oxygen atoms in total. The van der Waals surface area contributed by atoms with Crippen LogP contribution in [0, 0.1) is 0 Å². The van der Waals surface area contributed by atoms with Gasteiger partial charge in [0.25, 0.3) is 0 Å². The molecule has 2 heterocycles. The summed E-state index contributed by atoms with van der Waals surface area (Å²) in [7, 11) is 0. The monoisotopic (exact) mass is 882 g/mol. The van der Waals surface area contributed by atoms with Crippen LogP contribution >= 0.6 is 0 Å². The zero-order valence-corrected chi connectivity index (χ0v) is 36.3. The summed E-state index contributed by atoms with van der Waals surface area (Å²) < 4.78 is 60.1. The van der Waals surface area contributed by atoms with Crippen LogP contribution in [-0.4, -0.2) is 84.8 Å². The Morgan fingerprint density at radius 2 is 0.662 bits per heavy atom. The molecule has 2 aliphatic heterocycles. The van der Waals surface area contributed by atoms with E-state index in [1.807, 2.05) is 182 Å². The second kappa shape index (κ2) is 24.4. The summed E-state index contributed by atoms with van der Waals surface area (Å²) in [5.41, 5.74) is 5.70. The molecule has 8 rings (SSSR count). The zero-order chi connectivity index (χ0) is 44.5. The van der Waals surface area contributed by atoms with Crippen LogP contribution in [0.4, 0.5) is 0 Å². The first-order valence-electron chi connectivity index (χ1n) is 22.3. The van der Waals surface area contributed by atoms with Crippen LogP contribution in [0.15, 0.2) is 182 Å². The number of benzene rings is 6. The minimum atomic E-state index is -1.59. The van der Waals surface area contributed by atoms with Crippen molar-refractivity contribution in [1.29, 1.82) is 0 Å². The Morgan fingerprint density at radius 1 is 0.338 bits per heavy atom. The zero-order valence-electron chi connectivity index (χ0n) is 36.3. The molecule has 0 spiro atoms. The lowest BCUT2D eigenvalue weighted by molar-refractivity contribution is -0.371. The number of hydrogen-bond acceptors (Lipinski definition) is 11. The van der Waals surface area contributed by atoms with Gasteiger partial charge in [0.15, 0.2) is 12.6 Å². The molecule has 2 fully saturated rings. The molecule has 65 heavy (non-hydrogen) atoms. The summed E-state index contributed by atoms with van der Waals surface area (Å²) in [5.74, 6) is 0. The molecular formula is C54H58O11. The van der Waals surface area contributed by atoms with Crippen molar-refractivity contribution in [3.63, 3.8) is 0 Å². The van der Waals surface area contributed by atoms with E-state index >= 15 is 0 Å². The van der Waals surface area contributed by atoms with Gasteiger partial charge in [0.05, 0.1) is 52.9 Å².